The van der Waals surface area contributed by atoms with Gasteiger partial charge in [0, 0.05) is 30.6 Å². The number of nitrogens with one attached hydrogen (secondary N) is 1. The Kier molecular flexibility index (Phi) is 4.99. The van der Waals surface area contributed by atoms with Crippen molar-refractivity contribution in [2.24, 2.45) is 11.8 Å². The Morgan fingerprint density at radius 2 is 1.52 bits per heavy atom. The second-order valence-corrected chi connectivity index (χ2v) is 6.94. The Hall–Kier alpha value is -1.84. The van der Waals surface area contributed by atoms with E-state index in [0.29, 0.717) is 5.91 Å². The van der Waals surface area contributed by atoms with Gasteiger partial charge >= 0.3 is 0 Å². The zero-order chi connectivity index (χ0) is 16.2. The normalized spacial score (nSPS) is 24.5. The number of hydrogen-bond donors (Lipinski definition) is 1. The van der Waals surface area contributed by atoms with Gasteiger partial charge in [-0.15, -0.1) is 0 Å². The third-order valence-electron chi connectivity index (χ3n) is 5.18. The van der Waals surface area contributed by atoms with Gasteiger partial charge in [0.1, 0.15) is 0 Å². The third kappa shape index (κ3) is 3.92. The van der Waals surface area contributed by atoms with Crippen LogP contribution in [0.15, 0.2) is 24.3 Å². The van der Waals surface area contributed by atoms with Crippen molar-refractivity contribution in [3.05, 3.63) is 29.8 Å². The Bertz CT molecular complexity index is 553. The van der Waals surface area contributed by atoms with E-state index in [9.17, 15) is 9.59 Å². The van der Waals surface area contributed by atoms with Crippen LogP contribution in [0, 0.1) is 18.8 Å². The molecule has 0 atom stereocenters. The maximum atomic E-state index is 12.4. The fourth-order valence-corrected chi connectivity index (χ4v) is 3.68. The standard InChI is InChI=1S/C19H26N2O2/c1-14-4-10-17(11-5-14)20-18(22)15-6-8-16(9-7-15)19(23)21-12-2-3-13-21/h4-5,10-11,15-16H,2-3,6-9,12-13H2,1H3,(H,20,22). The van der Waals surface area contributed by atoms with E-state index in [0.717, 1.165) is 57.3 Å². The Morgan fingerprint density at radius 3 is 2.13 bits per heavy atom. The number of amides is 2. The van der Waals surface area contributed by atoms with Crippen molar-refractivity contribution < 1.29 is 9.59 Å². The number of anilines is 1. The van der Waals surface area contributed by atoms with Gasteiger partial charge in [-0.3, -0.25) is 9.59 Å². The first-order valence-electron chi connectivity index (χ1n) is 8.80. The van der Waals surface area contributed by atoms with Gasteiger partial charge in [0.15, 0.2) is 0 Å². The van der Waals surface area contributed by atoms with Crippen LogP contribution < -0.4 is 5.32 Å². The molecule has 124 valence electrons. The fourth-order valence-electron chi connectivity index (χ4n) is 3.68. The van der Waals surface area contributed by atoms with Crippen LogP contribution in [0.4, 0.5) is 5.69 Å². The number of carbonyl (C=O) groups excluding carboxylic acids is 2. The Balaban J connectivity index is 1.49. The van der Waals surface area contributed by atoms with Crippen molar-refractivity contribution in [1.29, 1.82) is 0 Å². The molecule has 2 fully saturated rings. The van der Waals surface area contributed by atoms with E-state index in [2.05, 4.69) is 5.32 Å². The molecule has 3 rings (SSSR count). The summed E-state index contributed by atoms with van der Waals surface area (Å²) in [6, 6.07) is 7.88. The zero-order valence-corrected chi connectivity index (χ0v) is 13.9. The molecule has 0 radical (unpaired) electrons. The van der Waals surface area contributed by atoms with Crippen LogP contribution in [-0.2, 0) is 9.59 Å². The van der Waals surface area contributed by atoms with Gasteiger partial charge in [-0.25, -0.2) is 0 Å². The molecule has 2 amide bonds. The predicted octanol–water partition coefficient (Wildman–Crippen LogP) is 3.36. The van der Waals surface area contributed by atoms with Crippen LogP contribution in [0.1, 0.15) is 44.1 Å². The molecule has 4 heteroatoms. The molecular formula is C19H26N2O2. The molecular weight excluding hydrogens is 288 g/mol. The number of benzene rings is 1. The fraction of sp³-hybridized carbons (Fsp3) is 0.579. The topological polar surface area (TPSA) is 49.4 Å². The highest BCUT2D eigenvalue weighted by atomic mass is 16.2. The van der Waals surface area contributed by atoms with Crippen LogP contribution in [0.2, 0.25) is 0 Å². The summed E-state index contributed by atoms with van der Waals surface area (Å²) in [5.41, 5.74) is 2.04. The van der Waals surface area contributed by atoms with Crippen molar-refractivity contribution in [2.75, 3.05) is 18.4 Å². The molecule has 2 aliphatic rings. The minimum atomic E-state index is 0.0407. The second kappa shape index (κ2) is 7.16. The van der Waals surface area contributed by atoms with E-state index in [1.165, 1.54) is 5.56 Å². The summed E-state index contributed by atoms with van der Waals surface area (Å²) in [5, 5.41) is 3.00. The second-order valence-electron chi connectivity index (χ2n) is 6.94. The van der Waals surface area contributed by atoms with Crippen LogP contribution in [0.25, 0.3) is 0 Å². The highest BCUT2D eigenvalue weighted by Gasteiger charge is 2.32. The lowest BCUT2D eigenvalue weighted by Gasteiger charge is -2.29. The van der Waals surface area contributed by atoms with Gasteiger partial charge in [-0.2, -0.15) is 0 Å². The lowest BCUT2D eigenvalue weighted by atomic mass is 9.81. The molecule has 1 aliphatic heterocycles. The van der Waals surface area contributed by atoms with E-state index in [1.54, 1.807) is 0 Å². The van der Waals surface area contributed by atoms with Crippen molar-refractivity contribution >= 4 is 17.5 Å². The molecule has 1 saturated heterocycles. The smallest absolute Gasteiger partial charge is 0.227 e. The van der Waals surface area contributed by atoms with Gasteiger partial charge in [0.2, 0.25) is 11.8 Å². The monoisotopic (exact) mass is 314 g/mol. The summed E-state index contributed by atoms with van der Waals surface area (Å²) >= 11 is 0. The van der Waals surface area contributed by atoms with Crippen molar-refractivity contribution in [3.8, 4) is 0 Å². The molecule has 1 N–H and O–H groups in total. The average Bonchev–Trinajstić information content (AvgIpc) is 3.11. The Labute approximate surface area is 138 Å². The van der Waals surface area contributed by atoms with Crippen molar-refractivity contribution in [2.45, 2.75) is 45.4 Å². The number of hydrogen-bond acceptors (Lipinski definition) is 2. The highest BCUT2D eigenvalue weighted by molar-refractivity contribution is 5.92. The summed E-state index contributed by atoms with van der Waals surface area (Å²) < 4.78 is 0. The molecule has 4 nitrogen and oxygen atoms in total. The summed E-state index contributed by atoms with van der Waals surface area (Å²) in [6.45, 7) is 3.88. The van der Waals surface area contributed by atoms with Gasteiger partial charge in [-0.05, 0) is 57.6 Å². The SMILES string of the molecule is Cc1ccc(NC(=O)C2CCC(C(=O)N3CCCC3)CC2)cc1. The van der Waals surface area contributed by atoms with Crippen molar-refractivity contribution in [1.82, 2.24) is 4.90 Å². The van der Waals surface area contributed by atoms with E-state index >= 15 is 0 Å². The summed E-state index contributed by atoms with van der Waals surface area (Å²) in [5.74, 6) is 0.594. The largest absolute Gasteiger partial charge is 0.342 e. The lowest BCUT2D eigenvalue weighted by molar-refractivity contribution is -0.136. The molecule has 0 spiro atoms. The Morgan fingerprint density at radius 1 is 0.957 bits per heavy atom. The minimum Gasteiger partial charge on any atom is -0.342 e. The van der Waals surface area contributed by atoms with E-state index in [-0.39, 0.29) is 17.7 Å². The molecule has 1 aromatic rings. The molecule has 1 aromatic carbocycles. The quantitative estimate of drug-likeness (QED) is 0.930. The third-order valence-corrected chi connectivity index (χ3v) is 5.18. The number of likely N-dealkylation sites (tertiary alicyclic amines) is 1. The van der Waals surface area contributed by atoms with Crippen LogP contribution in [0.5, 0.6) is 0 Å². The highest BCUT2D eigenvalue weighted by Crippen LogP contribution is 2.31. The van der Waals surface area contributed by atoms with Crippen molar-refractivity contribution in [3.63, 3.8) is 0 Å². The predicted molar refractivity (Wildman–Crippen MR) is 91.1 cm³/mol. The number of nitrogens with zero attached hydrogens (tertiary/aromatic N) is 1. The van der Waals surface area contributed by atoms with Gasteiger partial charge in [0.05, 0.1) is 0 Å². The molecule has 1 saturated carbocycles. The molecule has 1 aliphatic carbocycles. The molecule has 0 unspecified atom stereocenters. The lowest BCUT2D eigenvalue weighted by Crippen LogP contribution is -2.37. The van der Waals surface area contributed by atoms with Crippen LogP contribution >= 0.6 is 0 Å². The maximum absolute atomic E-state index is 12.4. The van der Waals surface area contributed by atoms with E-state index < -0.39 is 0 Å². The number of aryl methyl sites for hydroxylation is 1. The molecule has 0 bridgehead atoms. The molecule has 1 heterocycles. The maximum Gasteiger partial charge on any atom is 0.227 e. The summed E-state index contributed by atoms with van der Waals surface area (Å²) in [4.78, 5) is 26.8. The van der Waals surface area contributed by atoms with E-state index in [1.807, 2.05) is 36.1 Å². The first kappa shape index (κ1) is 16.0. The van der Waals surface area contributed by atoms with Gasteiger partial charge in [0.25, 0.3) is 0 Å². The summed E-state index contributed by atoms with van der Waals surface area (Å²) in [6.07, 6.45) is 5.62. The van der Waals surface area contributed by atoms with Gasteiger partial charge < -0.3 is 10.2 Å². The minimum absolute atomic E-state index is 0.0407. The number of rotatable bonds is 3. The van der Waals surface area contributed by atoms with Gasteiger partial charge in [-0.1, -0.05) is 17.7 Å². The molecule has 23 heavy (non-hydrogen) atoms. The van der Waals surface area contributed by atoms with Crippen LogP contribution in [-0.4, -0.2) is 29.8 Å². The van der Waals surface area contributed by atoms with E-state index in [4.69, 9.17) is 0 Å². The first-order valence-corrected chi connectivity index (χ1v) is 8.80. The first-order chi connectivity index (χ1) is 11.1. The van der Waals surface area contributed by atoms with Crippen LogP contribution in [0.3, 0.4) is 0 Å². The zero-order valence-electron chi connectivity index (χ0n) is 13.9. The molecule has 0 aromatic heterocycles. The number of carbonyl (C=O) groups is 2. The average molecular weight is 314 g/mol. The summed E-state index contributed by atoms with van der Waals surface area (Å²) in [7, 11) is 0.